The van der Waals surface area contributed by atoms with Gasteiger partial charge in [-0.15, -0.1) is 0 Å². The van der Waals surface area contributed by atoms with E-state index in [0.717, 1.165) is 5.56 Å². The molecular formula is C19H22N2O6S. The number of benzene rings is 2. The molecule has 2 aromatic rings. The molecule has 0 aliphatic carbocycles. The van der Waals surface area contributed by atoms with Crippen molar-refractivity contribution >= 4 is 21.7 Å². The van der Waals surface area contributed by atoms with Gasteiger partial charge in [-0.3, -0.25) is 14.9 Å². The summed E-state index contributed by atoms with van der Waals surface area (Å²) >= 11 is 0. The maximum atomic E-state index is 13.1. The molecule has 0 radical (unpaired) electrons. The van der Waals surface area contributed by atoms with Gasteiger partial charge in [0.05, 0.1) is 9.82 Å². The number of non-ortho nitro benzene ring substituents is 1. The van der Waals surface area contributed by atoms with Crippen molar-refractivity contribution in [3.63, 3.8) is 0 Å². The number of hydrogen-bond donors (Lipinski definition) is 1. The van der Waals surface area contributed by atoms with E-state index in [1.807, 2.05) is 30.3 Å². The Balaban J connectivity index is 2.17. The first-order chi connectivity index (χ1) is 13.3. The minimum absolute atomic E-state index is 0.0143. The van der Waals surface area contributed by atoms with Crippen LogP contribution in [0.15, 0.2) is 59.5 Å². The zero-order valence-corrected chi connectivity index (χ0v) is 16.0. The summed E-state index contributed by atoms with van der Waals surface area (Å²) in [5, 5.41) is 19.5. The quantitative estimate of drug-likeness (QED) is 0.347. The van der Waals surface area contributed by atoms with E-state index in [2.05, 4.69) is 0 Å². The third-order valence-corrected chi connectivity index (χ3v) is 6.04. The molecule has 0 bridgehead atoms. The van der Waals surface area contributed by atoms with Crippen molar-refractivity contribution in [2.24, 2.45) is 0 Å². The number of unbranched alkanes of at least 4 members (excludes halogenated alkanes) is 2. The van der Waals surface area contributed by atoms with E-state index in [-0.39, 0.29) is 30.1 Å². The lowest BCUT2D eigenvalue weighted by Crippen LogP contribution is -2.31. The van der Waals surface area contributed by atoms with Gasteiger partial charge in [0.2, 0.25) is 10.0 Å². The van der Waals surface area contributed by atoms with Gasteiger partial charge in [0.25, 0.3) is 5.69 Å². The minimum Gasteiger partial charge on any atom is -0.481 e. The van der Waals surface area contributed by atoms with Crippen LogP contribution < -0.4 is 0 Å². The molecule has 0 unspecified atom stereocenters. The van der Waals surface area contributed by atoms with Crippen LogP contribution in [0.2, 0.25) is 0 Å². The van der Waals surface area contributed by atoms with Crippen LogP contribution in [0.5, 0.6) is 0 Å². The molecule has 0 aliphatic heterocycles. The Morgan fingerprint density at radius 1 is 1.00 bits per heavy atom. The smallest absolute Gasteiger partial charge is 0.303 e. The first-order valence-electron chi connectivity index (χ1n) is 8.81. The molecule has 0 saturated carbocycles. The van der Waals surface area contributed by atoms with Gasteiger partial charge in [-0.05, 0) is 30.5 Å². The van der Waals surface area contributed by atoms with Crippen LogP contribution in [-0.2, 0) is 21.4 Å². The lowest BCUT2D eigenvalue weighted by Gasteiger charge is -2.22. The van der Waals surface area contributed by atoms with E-state index in [1.54, 1.807) is 0 Å². The monoisotopic (exact) mass is 406 g/mol. The van der Waals surface area contributed by atoms with Gasteiger partial charge in [-0.1, -0.05) is 36.8 Å². The average molecular weight is 406 g/mol. The van der Waals surface area contributed by atoms with Crippen LogP contribution in [0.4, 0.5) is 5.69 Å². The van der Waals surface area contributed by atoms with Gasteiger partial charge < -0.3 is 5.11 Å². The fourth-order valence-electron chi connectivity index (χ4n) is 2.70. The van der Waals surface area contributed by atoms with Crippen LogP contribution in [0.25, 0.3) is 0 Å². The van der Waals surface area contributed by atoms with Crippen LogP contribution >= 0.6 is 0 Å². The first kappa shape index (κ1) is 21.5. The second-order valence-corrected chi connectivity index (χ2v) is 8.22. The molecule has 9 heteroatoms. The zero-order chi connectivity index (χ0) is 20.6. The van der Waals surface area contributed by atoms with Crippen molar-refractivity contribution in [1.82, 2.24) is 4.31 Å². The number of rotatable bonds is 11. The Hall–Kier alpha value is -2.78. The molecule has 0 heterocycles. The summed E-state index contributed by atoms with van der Waals surface area (Å²) in [5.74, 6) is -0.875. The summed E-state index contributed by atoms with van der Waals surface area (Å²) < 4.78 is 27.4. The van der Waals surface area contributed by atoms with Gasteiger partial charge in [0, 0.05) is 31.6 Å². The molecule has 0 amide bonds. The Labute approximate surface area is 163 Å². The van der Waals surface area contributed by atoms with Crippen molar-refractivity contribution in [2.45, 2.75) is 37.1 Å². The number of carbonyl (C=O) groups is 1. The maximum absolute atomic E-state index is 13.1. The third-order valence-electron chi connectivity index (χ3n) is 4.19. The molecule has 8 nitrogen and oxygen atoms in total. The molecule has 2 aromatic carbocycles. The molecule has 0 spiro atoms. The average Bonchev–Trinajstić information content (AvgIpc) is 2.67. The van der Waals surface area contributed by atoms with Crippen LogP contribution in [0, 0.1) is 10.1 Å². The van der Waals surface area contributed by atoms with Crippen molar-refractivity contribution in [3.05, 3.63) is 70.3 Å². The van der Waals surface area contributed by atoms with Gasteiger partial charge in [-0.25, -0.2) is 8.42 Å². The van der Waals surface area contributed by atoms with Crippen LogP contribution in [0.3, 0.4) is 0 Å². The summed E-state index contributed by atoms with van der Waals surface area (Å²) in [5.41, 5.74) is 0.640. The summed E-state index contributed by atoms with van der Waals surface area (Å²) in [6.07, 6.45) is 1.64. The van der Waals surface area contributed by atoms with E-state index in [9.17, 15) is 23.3 Å². The Bertz CT molecular complexity index is 898. The summed E-state index contributed by atoms with van der Waals surface area (Å²) in [6, 6.07) is 13.9. The molecule has 0 aliphatic rings. The highest BCUT2D eigenvalue weighted by Crippen LogP contribution is 2.22. The number of nitro benzene ring substituents is 1. The number of sulfonamides is 1. The summed E-state index contributed by atoms with van der Waals surface area (Å²) in [7, 11) is -3.85. The number of nitrogens with zero attached hydrogens (tertiary/aromatic N) is 2. The second-order valence-electron chi connectivity index (χ2n) is 6.28. The summed E-state index contributed by atoms with van der Waals surface area (Å²) in [6.45, 7) is 0.396. The molecule has 0 fully saturated rings. The normalized spacial score (nSPS) is 11.5. The van der Waals surface area contributed by atoms with Gasteiger partial charge in [0.15, 0.2) is 0 Å². The molecule has 0 saturated heterocycles. The molecule has 2 rings (SSSR count). The largest absolute Gasteiger partial charge is 0.481 e. The van der Waals surface area contributed by atoms with Crippen LogP contribution in [0.1, 0.15) is 31.2 Å². The fourth-order valence-corrected chi connectivity index (χ4v) is 4.17. The van der Waals surface area contributed by atoms with E-state index in [4.69, 9.17) is 5.11 Å². The van der Waals surface area contributed by atoms with Crippen LogP contribution in [-0.4, -0.2) is 35.3 Å². The van der Waals surface area contributed by atoms with Gasteiger partial charge in [0.1, 0.15) is 0 Å². The highest BCUT2D eigenvalue weighted by atomic mass is 32.2. The first-order valence-corrected chi connectivity index (χ1v) is 10.2. The van der Waals surface area contributed by atoms with Crippen molar-refractivity contribution in [1.29, 1.82) is 0 Å². The minimum atomic E-state index is -3.85. The molecule has 28 heavy (non-hydrogen) atoms. The van der Waals surface area contributed by atoms with E-state index in [1.165, 1.54) is 28.6 Å². The molecule has 0 aromatic heterocycles. The number of carboxylic acid groups (broad SMARTS) is 1. The van der Waals surface area contributed by atoms with E-state index < -0.39 is 20.9 Å². The molecule has 150 valence electrons. The lowest BCUT2D eigenvalue weighted by molar-refractivity contribution is -0.384. The number of carboxylic acids is 1. The zero-order valence-electron chi connectivity index (χ0n) is 15.2. The highest BCUT2D eigenvalue weighted by molar-refractivity contribution is 7.89. The number of hydrogen-bond acceptors (Lipinski definition) is 5. The van der Waals surface area contributed by atoms with Gasteiger partial charge in [-0.2, -0.15) is 4.31 Å². The number of nitro groups is 1. The fraction of sp³-hybridized carbons (Fsp3) is 0.316. The topological polar surface area (TPSA) is 118 Å². The van der Waals surface area contributed by atoms with E-state index in [0.29, 0.717) is 19.3 Å². The predicted octanol–water partition coefficient (Wildman–Crippen LogP) is 3.43. The molecule has 0 atom stereocenters. The second kappa shape index (κ2) is 9.95. The highest BCUT2D eigenvalue weighted by Gasteiger charge is 2.25. The SMILES string of the molecule is O=C(O)CCCCCN(Cc1ccccc1)S(=O)(=O)c1ccc([N+](=O)[O-])cc1. The van der Waals surface area contributed by atoms with E-state index >= 15 is 0 Å². The Morgan fingerprint density at radius 3 is 2.21 bits per heavy atom. The van der Waals surface area contributed by atoms with Crippen molar-refractivity contribution in [3.8, 4) is 0 Å². The Morgan fingerprint density at radius 2 is 1.64 bits per heavy atom. The standard InChI is InChI=1S/C19H22N2O6S/c22-19(23)9-5-2-6-14-20(15-16-7-3-1-4-8-16)28(26,27)18-12-10-17(11-13-18)21(24)25/h1,3-4,7-8,10-13H,2,5-6,9,14-15H2,(H,22,23). The molecular weight excluding hydrogens is 384 g/mol. The number of aliphatic carboxylic acids is 1. The predicted molar refractivity (Wildman–Crippen MR) is 103 cm³/mol. The summed E-state index contributed by atoms with van der Waals surface area (Å²) in [4.78, 5) is 20.8. The van der Waals surface area contributed by atoms with Crippen molar-refractivity contribution < 1.29 is 23.2 Å². The van der Waals surface area contributed by atoms with Crippen molar-refractivity contribution in [2.75, 3.05) is 6.54 Å². The lowest BCUT2D eigenvalue weighted by atomic mass is 10.2. The molecule has 1 N–H and O–H groups in total. The van der Waals surface area contributed by atoms with Gasteiger partial charge >= 0.3 is 5.97 Å². The third kappa shape index (κ3) is 6.14. The maximum Gasteiger partial charge on any atom is 0.303 e. The Kier molecular flexibility index (Phi) is 7.65.